The van der Waals surface area contributed by atoms with Crippen molar-refractivity contribution in [2.75, 3.05) is 0 Å². The van der Waals surface area contributed by atoms with E-state index in [0.717, 1.165) is 0 Å². The van der Waals surface area contributed by atoms with Gasteiger partial charge in [0.1, 0.15) is 0 Å². The molecule has 0 bridgehead atoms. The summed E-state index contributed by atoms with van der Waals surface area (Å²) in [4.78, 5) is 5.27. The van der Waals surface area contributed by atoms with Gasteiger partial charge in [0.15, 0.2) is 0 Å². The fourth-order valence-corrected chi connectivity index (χ4v) is 11.5. The molecule has 0 radical (unpaired) electrons. The summed E-state index contributed by atoms with van der Waals surface area (Å²) in [5, 5.41) is 7.84. The third-order valence-corrected chi connectivity index (χ3v) is 13.9. The van der Waals surface area contributed by atoms with Crippen LogP contribution in [0.1, 0.15) is 0 Å². The molecule has 0 aromatic heterocycles. The van der Waals surface area contributed by atoms with Gasteiger partial charge in [-0.1, -0.05) is 193 Å². The molecule has 0 aliphatic carbocycles. The molecule has 2 heteroatoms. The van der Waals surface area contributed by atoms with Gasteiger partial charge < -0.3 is 0 Å². The van der Waals surface area contributed by atoms with Crippen molar-refractivity contribution in [2.24, 2.45) is 0 Å². The van der Waals surface area contributed by atoms with E-state index < -0.39 is 0 Å². The first-order chi connectivity index (χ1) is 27.8. The molecule has 0 nitrogen and oxygen atoms in total. The fourth-order valence-electron chi connectivity index (χ4n) is 9.14. The first kappa shape index (κ1) is 32.0. The molecule has 2 aliphatic heterocycles. The van der Waals surface area contributed by atoms with Crippen molar-refractivity contribution < 1.29 is 0 Å². The summed E-state index contributed by atoms with van der Waals surface area (Å²) in [6.07, 6.45) is 0. The second kappa shape index (κ2) is 12.6. The van der Waals surface area contributed by atoms with Crippen molar-refractivity contribution in [1.82, 2.24) is 0 Å². The molecule has 12 rings (SSSR count). The van der Waals surface area contributed by atoms with Crippen molar-refractivity contribution in [1.29, 1.82) is 0 Å². The highest BCUT2D eigenvalue weighted by atomic mass is 32.2. The minimum atomic E-state index is 1.24. The van der Waals surface area contributed by atoms with Gasteiger partial charge in [-0.05, 0) is 113 Å². The lowest BCUT2D eigenvalue weighted by Gasteiger charge is -2.27. The van der Waals surface area contributed by atoms with Crippen LogP contribution >= 0.6 is 23.5 Å². The molecule has 0 amide bonds. The third-order valence-electron chi connectivity index (χ3n) is 11.7. The molecular weight excluding hydrogens is 713 g/mol. The Kier molecular flexibility index (Phi) is 7.20. The molecule has 0 saturated carbocycles. The van der Waals surface area contributed by atoms with Crippen LogP contribution in [0.3, 0.4) is 0 Å². The lowest BCUT2D eigenvalue weighted by molar-refractivity contribution is 1.34. The van der Waals surface area contributed by atoms with E-state index in [2.05, 4.69) is 194 Å². The first-order valence-electron chi connectivity index (χ1n) is 19.2. The third kappa shape index (κ3) is 4.90. The Labute approximate surface area is 334 Å². The Bertz CT molecular complexity index is 3020. The maximum atomic E-state index is 2.43. The summed E-state index contributed by atoms with van der Waals surface area (Å²) >= 11 is 3.83. The van der Waals surface area contributed by atoms with Crippen LogP contribution in [0.15, 0.2) is 214 Å². The lowest BCUT2D eigenvalue weighted by atomic mass is 9.87. The fraction of sp³-hybridized carbons (Fsp3) is 0. The van der Waals surface area contributed by atoms with E-state index in [-0.39, 0.29) is 0 Å². The largest absolute Gasteiger partial charge is 0.0887 e. The lowest BCUT2D eigenvalue weighted by Crippen LogP contribution is -1.99. The molecule has 56 heavy (non-hydrogen) atoms. The van der Waals surface area contributed by atoms with Crippen LogP contribution in [0.25, 0.3) is 99.1 Å². The number of fused-ring (bicyclic) bond motifs is 6. The van der Waals surface area contributed by atoms with Crippen LogP contribution in [0.5, 0.6) is 0 Å². The van der Waals surface area contributed by atoms with E-state index in [4.69, 9.17) is 0 Å². The Balaban J connectivity index is 0.992. The zero-order chi connectivity index (χ0) is 36.7. The molecule has 2 heterocycles. The van der Waals surface area contributed by atoms with Gasteiger partial charge in [0.25, 0.3) is 0 Å². The zero-order valence-electron chi connectivity index (χ0n) is 30.3. The maximum absolute atomic E-state index is 2.43. The number of hydrogen-bond acceptors (Lipinski definition) is 2. The summed E-state index contributed by atoms with van der Waals surface area (Å²) in [7, 11) is 0. The molecule has 0 fully saturated rings. The number of benzene rings is 10. The van der Waals surface area contributed by atoms with Crippen molar-refractivity contribution in [3.8, 4) is 66.8 Å². The molecule has 0 saturated heterocycles. The second-order valence-corrected chi connectivity index (χ2v) is 16.9. The first-order valence-corrected chi connectivity index (χ1v) is 20.8. The maximum Gasteiger partial charge on any atom is 0.0208 e. The van der Waals surface area contributed by atoms with E-state index in [1.165, 1.54) is 119 Å². The van der Waals surface area contributed by atoms with Gasteiger partial charge in [0.2, 0.25) is 0 Å². The smallest absolute Gasteiger partial charge is 0.0208 e. The SMILES string of the molecule is c1ccc(-c2ccc3ccccc3c2-c2ccc3c(c2)Sc2ccc4c5c(ccc-3c25)-c2ccc(-c3c(-c5ccccc5)ccc5ccccc35)cc2S4)cc1. The van der Waals surface area contributed by atoms with Gasteiger partial charge in [0.05, 0.1) is 0 Å². The molecule has 0 atom stereocenters. The van der Waals surface area contributed by atoms with Crippen molar-refractivity contribution >= 4 is 55.8 Å². The molecule has 10 aromatic rings. The molecule has 260 valence electrons. The highest BCUT2D eigenvalue weighted by Gasteiger charge is 2.28. The average Bonchev–Trinajstić information content (AvgIpc) is 3.27. The van der Waals surface area contributed by atoms with E-state index in [1.807, 2.05) is 23.5 Å². The quantitative estimate of drug-likeness (QED) is 0.176. The van der Waals surface area contributed by atoms with Crippen LogP contribution < -0.4 is 0 Å². The van der Waals surface area contributed by atoms with E-state index >= 15 is 0 Å². The summed E-state index contributed by atoms with van der Waals surface area (Å²) < 4.78 is 0. The van der Waals surface area contributed by atoms with Crippen molar-refractivity contribution in [2.45, 2.75) is 19.6 Å². The minimum Gasteiger partial charge on any atom is -0.0887 e. The van der Waals surface area contributed by atoms with Crippen LogP contribution in [0, 0.1) is 0 Å². The van der Waals surface area contributed by atoms with Gasteiger partial charge in [-0.3, -0.25) is 0 Å². The molecule has 10 aromatic carbocycles. The molecule has 0 unspecified atom stereocenters. The Morgan fingerprint density at radius 1 is 0.250 bits per heavy atom. The standard InChI is InChI=1S/C54H32S2/c1-3-11-33(12-4-1)41-23-19-35-15-7-9-17-39(35)51(41)37-21-25-43-45-27-28-46-44-26-22-38(32-50(44)56-48-30-29-47(53(45)54(46)48)55-49(43)31-37)52-40-18-10-8-16-36(40)20-24-42(52)34-13-5-2-6-14-34/h1-32H. The molecular formula is C54H32S2. The molecule has 0 spiro atoms. The van der Waals surface area contributed by atoms with Crippen molar-refractivity contribution in [3.63, 3.8) is 0 Å². The monoisotopic (exact) mass is 744 g/mol. The highest BCUT2D eigenvalue weighted by Crippen LogP contribution is 2.57. The van der Waals surface area contributed by atoms with E-state index in [9.17, 15) is 0 Å². The Morgan fingerprint density at radius 3 is 1.11 bits per heavy atom. The number of rotatable bonds is 4. The summed E-state index contributed by atoms with van der Waals surface area (Å²) in [5.41, 5.74) is 15.4. The van der Waals surface area contributed by atoms with E-state index in [1.54, 1.807) is 0 Å². The number of hydrogen-bond donors (Lipinski definition) is 0. The Morgan fingerprint density at radius 2 is 0.643 bits per heavy atom. The minimum absolute atomic E-state index is 1.24. The summed E-state index contributed by atoms with van der Waals surface area (Å²) in [6, 6.07) is 72.0. The van der Waals surface area contributed by atoms with Crippen LogP contribution in [0.2, 0.25) is 0 Å². The van der Waals surface area contributed by atoms with Crippen molar-refractivity contribution in [3.05, 3.63) is 194 Å². The normalized spacial score (nSPS) is 12.5. The summed E-state index contributed by atoms with van der Waals surface area (Å²) in [6.45, 7) is 0. The van der Waals surface area contributed by atoms with E-state index in [0.29, 0.717) is 0 Å². The topological polar surface area (TPSA) is 0 Å². The molecule has 2 aliphatic rings. The highest BCUT2D eigenvalue weighted by molar-refractivity contribution is 8.00. The van der Waals surface area contributed by atoms with Crippen LogP contribution in [-0.4, -0.2) is 0 Å². The molecule has 0 N–H and O–H groups in total. The van der Waals surface area contributed by atoms with Crippen LogP contribution in [0.4, 0.5) is 0 Å². The predicted molar refractivity (Wildman–Crippen MR) is 240 cm³/mol. The summed E-state index contributed by atoms with van der Waals surface area (Å²) in [5.74, 6) is 0. The van der Waals surface area contributed by atoms with Gasteiger partial charge in [-0.2, -0.15) is 0 Å². The van der Waals surface area contributed by atoms with Gasteiger partial charge in [-0.15, -0.1) is 0 Å². The van der Waals surface area contributed by atoms with Gasteiger partial charge in [-0.25, -0.2) is 0 Å². The predicted octanol–water partition coefficient (Wildman–Crippen LogP) is 16.1. The van der Waals surface area contributed by atoms with Crippen LogP contribution in [-0.2, 0) is 0 Å². The average molecular weight is 745 g/mol. The van der Waals surface area contributed by atoms with Gasteiger partial charge in [0, 0.05) is 30.4 Å². The second-order valence-electron chi connectivity index (χ2n) is 14.7. The Hall–Kier alpha value is -6.32. The van der Waals surface area contributed by atoms with Gasteiger partial charge >= 0.3 is 0 Å². The zero-order valence-corrected chi connectivity index (χ0v) is 31.9.